The number of nitrogens with one attached hydrogen (secondary N) is 1. The molecule has 29 heavy (non-hydrogen) atoms. The molecule has 0 spiro atoms. The second-order valence-electron chi connectivity index (χ2n) is 7.47. The van der Waals surface area contributed by atoms with Crippen molar-refractivity contribution in [2.45, 2.75) is 26.3 Å². The third-order valence-corrected chi connectivity index (χ3v) is 6.04. The largest absolute Gasteiger partial charge is 0.300 e. The first-order valence-electron chi connectivity index (χ1n) is 9.75. The summed E-state index contributed by atoms with van der Waals surface area (Å²) in [5.74, 6) is -0.331. The fourth-order valence-electron chi connectivity index (χ4n) is 3.56. The molecule has 0 unspecified atom stereocenters. The molecule has 1 fully saturated rings. The molecular formula is C22H23FN4OS. The highest BCUT2D eigenvalue weighted by Crippen LogP contribution is 2.27. The van der Waals surface area contributed by atoms with Gasteiger partial charge in [0.2, 0.25) is 11.0 Å². The molecule has 1 atom stereocenters. The normalized spacial score (nSPS) is 17.2. The van der Waals surface area contributed by atoms with Gasteiger partial charge >= 0.3 is 0 Å². The molecule has 1 aliphatic rings. The number of aryl methyl sites for hydroxylation is 1. The molecule has 0 aliphatic carbocycles. The van der Waals surface area contributed by atoms with Crippen LogP contribution < -0.4 is 5.32 Å². The fraction of sp³-hybridized carbons (Fsp3) is 0.318. The number of hydrogen-bond acceptors (Lipinski definition) is 5. The highest BCUT2D eigenvalue weighted by atomic mass is 32.1. The van der Waals surface area contributed by atoms with Gasteiger partial charge in [-0.3, -0.25) is 9.69 Å². The highest BCUT2D eigenvalue weighted by molar-refractivity contribution is 7.18. The lowest BCUT2D eigenvalue weighted by molar-refractivity contribution is -0.121. The first-order valence-corrected chi connectivity index (χ1v) is 10.6. The second-order valence-corrected chi connectivity index (χ2v) is 8.45. The van der Waals surface area contributed by atoms with Crippen molar-refractivity contribution in [3.05, 3.63) is 65.5 Å². The van der Waals surface area contributed by atoms with E-state index >= 15 is 0 Å². The summed E-state index contributed by atoms with van der Waals surface area (Å²) >= 11 is 1.39. The third-order valence-electron chi connectivity index (χ3n) is 5.15. The number of piperidine rings is 1. The first kappa shape index (κ1) is 19.7. The van der Waals surface area contributed by atoms with E-state index in [2.05, 4.69) is 20.4 Å². The van der Waals surface area contributed by atoms with Crippen LogP contribution in [0.15, 0.2) is 48.5 Å². The van der Waals surface area contributed by atoms with Crippen LogP contribution >= 0.6 is 11.3 Å². The van der Waals surface area contributed by atoms with Gasteiger partial charge in [-0.05, 0) is 44.0 Å². The van der Waals surface area contributed by atoms with E-state index in [0.717, 1.165) is 42.1 Å². The summed E-state index contributed by atoms with van der Waals surface area (Å²) in [4.78, 5) is 15.0. The first-order chi connectivity index (χ1) is 14.1. The summed E-state index contributed by atoms with van der Waals surface area (Å²) in [5.41, 5.74) is 3.24. The maximum Gasteiger partial charge on any atom is 0.230 e. The molecule has 2 aromatic carbocycles. The minimum absolute atomic E-state index is 0.0135. The number of benzene rings is 2. The van der Waals surface area contributed by atoms with Crippen molar-refractivity contribution in [3.8, 4) is 10.6 Å². The van der Waals surface area contributed by atoms with Crippen molar-refractivity contribution in [2.75, 3.05) is 18.4 Å². The van der Waals surface area contributed by atoms with Gasteiger partial charge in [-0.15, -0.1) is 10.2 Å². The number of likely N-dealkylation sites (tertiary alicyclic amines) is 1. The zero-order valence-corrected chi connectivity index (χ0v) is 17.1. The Balaban J connectivity index is 1.35. The van der Waals surface area contributed by atoms with E-state index in [-0.39, 0.29) is 17.6 Å². The van der Waals surface area contributed by atoms with Crippen molar-refractivity contribution in [3.63, 3.8) is 0 Å². The number of carbonyl (C=O) groups is 1. The molecule has 1 N–H and O–H groups in total. The molecule has 2 heterocycles. The molecular weight excluding hydrogens is 387 g/mol. The van der Waals surface area contributed by atoms with E-state index in [0.29, 0.717) is 11.7 Å². The Kier molecular flexibility index (Phi) is 5.97. The Labute approximate surface area is 173 Å². The Morgan fingerprint density at radius 2 is 1.93 bits per heavy atom. The maximum atomic E-state index is 13.1. The van der Waals surface area contributed by atoms with Crippen molar-refractivity contribution >= 4 is 22.4 Å². The van der Waals surface area contributed by atoms with Gasteiger partial charge in [-0.1, -0.05) is 53.3 Å². The molecule has 1 aliphatic heterocycles. The molecule has 0 saturated carbocycles. The Morgan fingerprint density at radius 3 is 2.69 bits per heavy atom. The van der Waals surface area contributed by atoms with Crippen molar-refractivity contribution in [1.82, 2.24) is 15.1 Å². The molecule has 150 valence electrons. The van der Waals surface area contributed by atoms with Gasteiger partial charge < -0.3 is 5.32 Å². The topological polar surface area (TPSA) is 58.1 Å². The number of halogens is 1. The number of carbonyl (C=O) groups excluding carboxylic acids is 1. The van der Waals surface area contributed by atoms with E-state index in [4.69, 9.17) is 0 Å². The van der Waals surface area contributed by atoms with Crippen molar-refractivity contribution < 1.29 is 9.18 Å². The minimum atomic E-state index is -0.230. The van der Waals surface area contributed by atoms with Crippen molar-refractivity contribution in [1.29, 1.82) is 0 Å². The molecule has 3 aromatic rings. The number of amides is 1. The number of hydrogen-bond donors (Lipinski definition) is 1. The summed E-state index contributed by atoms with van der Waals surface area (Å²) in [6.45, 7) is 4.39. The second kappa shape index (κ2) is 8.80. The van der Waals surface area contributed by atoms with Crippen LogP contribution in [-0.2, 0) is 11.3 Å². The van der Waals surface area contributed by atoms with Crippen LogP contribution in [0.5, 0.6) is 0 Å². The van der Waals surface area contributed by atoms with Gasteiger partial charge in [-0.25, -0.2) is 4.39 Å². The van der Waals surface area contributed by atoms with Gasteiger partial charge in [0.15, 0.2) is 0 Å². The van der Waals surface area contributed by atoms with Crippen molar-refractivity contribution in [2.24, 2.45) is 5.92 Å². The van der Waals surface area contributed by atoms with Gasteiger partial charge in [0, 0.05) is 18.7 Å². The lowest BCUT2D eigenvalue weighted by Gasteiger charge is -2.31. The Hall–Kier alpha value is -2.64. The average Bonchev–Trinajstić information content (AvgIpc) is 3.19. The molecule has 5 nitrogen and oxygen atoms in total. The van der Waals surface area contributed by atoms with Gasteiger partial charge in [0.05, 0.1) is 5.92 Å². The van der Waals surface area contributed by atoms with Crippen LogP contribution in [0.3, 0.4) is 0 Å². The van der Waals surface area contributed by atoms with Gasteiger partial charge in [-0.2, -0.15) is 0 Å². The number of anilines is 1. The molecule has 0 radical (unpaired) electrons. The lowest BCUT2D eigenvalue weighted by atomic mass is 9.97. The van der Waals surface area contributed by atoms with Gasteiger partial charge in [0.25, 0.3) is 0 Å². The molecule has 1 aromatic heterocycles. The predicted molar refractivity (Wildman–Crippen MR) is 113 cm³/mol. The zero-order valence-electron chi connectivity index (χ0n) is 16.3. The fourth-order valence-corrected chi connectivity index (χ4v) is 4.31. The standard InChI is InChI=1S/C22H23FN4OS/c1-15-4-8-17(9-5-15)21-25-26-22(29-21)24-20(28)18-3-2-12-27(14-18)13-16-6-10-19(23)11-7-16/h4-11,18H,2-3,12-14H2,1H3,(H,24,26,28)/t18-/m1/s1. The van der Waals surface area contributed by atoms with Crippen LogP contribution in [0.1, 0.15) is 24.0 Å². The van der Waals surface area contributed by atoms with E-state index in [9.17, 15) is 9.18 Å². The molecule has 4 rings (SSSR count). The molecule has 1 saturated heterocycles. The maximum absolute atomic E-state index is 13.1. The van der Waals surface area contributed by atoms with Crippen LogP contribution in [0.2, 0.25) is 0 Å². The summed E-state index contributed by atoms with van der Waals surface area (Å²) in [5, 5.41) is 12.6. The molecule has 7 heteroatoms. The monoisotopic (exact) mass is 410 g/mol. The Morgan fingerprint density at radius 1 is 1.17 bits per heavy atom. The smallest absolute Gasteiger partial charge is 0.230 e. The van der Waals surface area contributed by atoms with Crippen LogP contribution in [0.25, 0.3) is 10.6 Å². The van der Waals surface area contributed by atoms with Gasteiger partial charge in [0.1, 0.15) is 10.8 Å². The quantitative estimate of drug-likeness (QED) is 0.673. The zero-order chi connectivity index (χ0) is 20.2. The molecule has 0 bridgehead atoms. The van der Waals surface area contributed by atoms with E-state index in [1.807, 2.05) is 31.2 Å². The minimum Gasteiger partial charge on any atom is -0.300 e. The number of nitrogens with zero attached hydrogens (tertiary/aromatic N) is 3. The summed E-state index contributed by atoms with van der Waals surface area (Å²) in [6.07, 6.45) is 1.82. The Bertz CT molecular complexity index is 971. The van der Waals surface area contributed by atoms with E-state index in [1.165, 1.54) is 29.0 Å². The predicted octanol–water partition coefficient (Wildman–Crippen LogP) is 4.50. The SMILES string of the molecule is Cc1ccc(-c2nnc(NC(=O)[C@@H]3CCCN(Cc4ccc(F)cc4)C3)s2)cc1. The lowest BCUT2D eigenvalue weighted by Crippen LogP contribution is -2.40. The van der Waals surface area contributed by atoms with E-state index in [1.54, 1.807) is 12.1 Å². The number of aromatic nitrogens is 2. The highest BCUT2D eigenvalue weighted by Gasteiger charge is 2.26. The third kappa shape index (κ3) is 5.05. The summed E-state index contributed by atoms with van der Waals surface area (Å²) in [7, 11) is 0. The summed E-state index contributed by atoms with van der Waals surface area (Å²) < 4.78 is 13.1. The van der Waals surface area contributed by atoms with E-state index < -0.39 is 0 Å². The van der Waals surface area contributed by atoms with Crippen LogP contribution in [0.4, 0.5) is 9.52 Å². The van der Waals surface area contributed by atoms with Crippen LogP contribution in [-0.4, -0.2) is 34.1 Å². The summed E-state index contributed by atoms with van der Waals surface area (Å²) in [6, 6.07) is 14.6. The average molecular weight is 411 g/mol. The molecule has 1 amide bonds. The van der Waals surface area contributed by atoms with Crippen LogP contribution in [0, 0.1) is 18.7 Å². The number of rotatable bonds is 5.